The van der Waals surface area contributed by atoms with Gasteiger partial charge in [-0.05, 0) is 89.8 Å². The van der Waals surface area contributed by atoms with Crippen LogP contribution in [-0.2, 0) is 17.6 Å². The Morgan fingerprint density at radius 3 is 2.08 bits per heavy atom. The van der Waals surface area contributed by atoms with Crippen molar-refractivity contribution in [1.82, 2.24) is 5.32 Å². The van der Waals surface area contributed by atoms with E-state index >= 15 is 0 Å². The molecule has 1 unspecified atom stereocenters. The number of aryl methyl sites for hydroxylation is 2. The molecule has 1 saturated heterocycles. The molecule has 3 aromatic carbocycles. The Morgan fingerprint density at radius 1 is 0.769 bits per heavy atom. The summed E-state index contributed by atoms with van der Waals surface area (Å²) in [6.45, 7) is 5.26. The van der Waals surface area contributed by atoms with Gasteiger partial charge in [0.25, 0.3) is 5.24 Å². The highest BCUT2D eigenvalue weighted by Crippen LogP contribution is 2.36. The van der Waals surface area contributed by atoms with E-state index in [-0.39, 0.29) is 11.1 Å². The highest BCUT2D eigenvalue weighted by Gasteiger charge is 2.33. The molecule has 0 bridgehead atoms. The lowest BCUT2D eigenvalue weighted by atomic mass is 10.0. The maximum atomic E-state index is 12.1. The number of imide groups is 1. The number of carbonyl (C=O) groups excluding carboxylic acids is 2. The summed E-state index contributed by atoms with van der Waals surface area (Å²) in [6.07, 6.45) is 4.43. The Bertz CT molecular complexity index is 1280. The fourth-order valence-corrected chi connectivity index (χ4v) is 5.17. The summed E-state index contributed by atoms with van der Waals surface area (Å²) in [5.74, 6) is 3.71. The summed E-state index contributed by atoms with van der Waals surface area (Å²) < 4.78 is 23.4. The highest BCUT2D eigenvalue weighted by molar-refractivity contribution is 8.15. The van der Waals surface area contributed by atoms with Crippen molar-refractivity contribution in [2.45, 2.75) is 51.2 Å². The zero-order valence-corrected chi connectivity index (χ0v) is 23.5. The third-order valence-corrected chi connectivity index (χ3v) is 7.29. The first-order chi connectivity index (χ1) is 19.0. The number of benzene rings is 3. The van der Waals surface area contributed by atoms with Gasteiger partial charge in [0, 0.05) is 6.42 Å². The molecular weight excluding hydrogens is 514 g/mol. The van der Waals surface area contributed by atoms with E-state index in [1.807, 2.05) is 60.7 Å². The van der Waals surface area contributed by atoms with E-state index in [0.29, 0.717) is 19.6 Å². The lowest BCUT2D eigenvalue weighted by Crippen LogP contribution is -2.20. The molecule has 8 heteroatoms. The van der Waals surface area contributed by atoms with Gasteiger partial charge in [0.05, 0.1) is 20.3 Å². The van der Waals surface area contributed by atoms with Gasteiger partial charge in [0.15, 0.2) is 0 Å². The van der Waals surface area contributed by atoms with Crippen LogP contribution in [0.15, 0.2) is 60.7 Å². The normalized spacial score (nSPS) is 14.7. The van der Waals surface area contributed by atoms with E-state index in [2.05, 4.69) is 19.2 Å². The van der Waals surface area contributed by atoms with Gasteiger partial charge in [0.1, 0.15) is 34.0 Å². The van der Waals surface area contributed by atoms with Crippen LogP contribution in [0.1, 0.15) is 55.1 Å². The molecule has 206 valence electrons. The topological polar surface area (TPSA) is 83.1 Å². The molecule has 1 aliphatic heterocycles. The van der Waals surface area contributed by atoms with Crippen molar-refractivity contribution < 1.29 is 28.5 Å². The van der Waals surface area contributed by atoms with Gasteiger partial charge in [-0.25, -0.2) is 0 Å². The lowest BCUT2D eigenvalue weighted by molar-refractivity contribution is -0.119. The quantitative estimate of drug-likeness (QED) is 0.212. The predicted molar refractivity (Wildman–Crippen MR) is 153 cm³/mol. The summed E-state index contributed by atoms with van der Waals surface area (Å²) >= 11 is 1.02. The molecule has 39 heavy (non-hydrogen) atoms. The summed E-state index contributed by atoms with van der Waals surface area (Å²) in [6, 6.07) is 19.2. The van der Waals surface area contributed by atoms with Gasteiger partial charge in [-0.2, -0.15) is 0 Å². The number of amides is 2. The molecule has 1 heterocycles. The molecule has 3 aromatic rings. The molecule has 1 fully saturated rings. The van der Waals surface area contributed by atoms with E-state index in [1.54, 1.807) is 7.11 Å². The third-order valence-electron chi connectivity index (χ3n) is 6.25. The van der Waals surface area contributed by atoms with Crippen molar-refractivity contribution >= 4 is 22.9 Å². The zero-order valence-electron chi connectivity index (χ0n) is 22.7. The molecule has 1 aliphatic rings. The fourth-order valence-electron chi connectivity index (χ4n) is 4.35. The van der Waals surface area contributed by atoms with E-state index in [0.717, 1.165) is 82.9 Å². The second-order valence-electron chi connectivity index (χ2n) is 9.24. The van der Waals surface area contributed by atoms with Crippen LogP contribution in [0.2, 0.25) is 0 Å². The van der Waals surface area contributed by atoms with Gasteiger partial charge in [-0.1, -0.05) is 38.8 Å². The number of thioether (sulfide) groups is 1. The van der Waals surface area contributed by atoms with E-state index in [4.69, 9.17) is 18.9 Å². The average Bonchev–Trinajstić information content (AvgIpc) is 3.28. The molecule has 0 spiro atoms. The summed E-state index contributed by atoms with van der Waals surface area (Å²) in [5, 5.41) is 1.55. The fraction of sp³-hybridized carbons (Fsp3) is 0.355. The summed E-state index contributed by atoms with van der Waals surface area (Å²) in [5.41, 5.74) is 2.98. The highest BCUT2D eigenvalue weighted by atomic mass is 32.2. The number of ether oxygens (including phenoxy) is 4. The molecule has 0 radical (unpaired) electrons. The molecule has 4 rings (SSSR count). The first kappa shape index (κ1) is 28.4. The van der Waals surface area contributed by atoms with E-state index in [1.165, 1.54) is 0 Å². The monoisotopic (exact) mass is 549 g/mol. The maximum absolute atomic E-state index is 12.1. The van der Waals surface area contributed by atoms with Crippen LogP contribution in [0, 0.1) is 0 Å². The summed E-state index contributed by atoms with van der Waals surface area (Å²) in [4.78, 5) is 23.6. The number of methoxy groups -OCH3 is 1. The largest absolute Gasteiger partial charge is 0.497 e. The second kappa shape index (κ2) is 13.9. The van der Waals surface area contributed by atoms with Gasteiger partial charge in [-0.15, -0.1) is 0 Å². The molecule has 1 N–H and O–H groups in total. The number of nitrogens with one attached hydrogen (secondary N) is 1. The molecule has 0 aliphatic carbocycles. The maximum Gasteiger partial charge on any atom is 0.286 e. The van der Waals surface area contributed by atoms with Crippen LogP contribution < -0.4 is 24.3 Å². The van der Waals surface area contributed by atoms with Crippen LogP contribution in [0.4, 0.5) is 4.79 Å². The van der Waals surface area contributed by atoms with Crippen LogP contribution in [0.3, 0.4) is 0 Å². The Kier molecular flexibility index (Phi) is 10.1. The zero-order chi connectivity index (χ0) is 27.6. The van der Waals surface area contributed by atoms with E-state index in [9.17, 15) is 9.59 Å². The van der Waals surface area contributed by atoms with Gasteiger partial charge in [0.2, 0.25) is 5.91 Å². The molecule has 7 nitrogen and oxygen atoms in total. The second-order valence-corrected chi connectivity index (χ2v) is 10.3. The minimum absolute atomic E-state index is 0.264. The average molecular weight is 550 g/mol. The molecule has 2 amide bonds. The third kappa shape index (κ3) is 7.69. The SMILES string of the molecule is CCCc1cc(C2SC(=O)NC2=O)ccc1OCCCOc1ccc(Oc2ccc(OC)cc2CCC)cc1. The number of rotatable bonds is 14. The Balaban J connectivity index is 1.26. The number of hydrogen-bond acceptors (Lipinski definition) is 7. The molecule has 1 atom stereocenters. The van der Waals surface area contributed by atoms with Crippen molar-refractivity contribution in [3.05, 3.63) is 77.4 Å². The Hall–Kier alpha value is -3.65. The minimum Gasteiger partial charge on any atom is -0.497 e. The Labute approximate surface area is 234 Å². The lowest BCUT2D eigenvalue weighted by Gasteiger charge is -2.15. The number of carbonyl (C=O) groups is 2. The van der Waals surface area contributed by atoms with Crippen LogP contribution in [0.25, 0.3) is 0 Å². The molecule has 0 aromatic heterocycles. The van der Waals surface area contributed by atoms with Crippen molar-refractivity contribution in [3.8, 4) is 28.7 Å². The van der Waals surface area contributed by atoms with Crippen LogP contribution in [-0.4, -0.2) is 31.5 Å². The minimum atomic E-state index is -0.498. The standard InChI is InChI=1S/C31H35NO6S/c1-4-7-21-19-23(29-30(33)32-31(34)39-29)9-15-27(21)37-18-6-17-36-24-10-12-25(13-11-24)38-28-16-14-26(35-3)20-22(28)8-5-2/h9-16,19-20,29H,4-8,17-18H2,1-3H3,(H,32,33,34). The van der Waals surface area contributed by atoms with Crippen molar-refractivity contribution in [1.29, 1.82) is 0 Å². The van der Waals surface area contributed by atoms with Gasteiger partial charge in [-0.3, -0.25) is 14.9 Å². The Morgan fingerprint density at radius 2 is 1.41 bits per heavy atom. The van der Waals surface area contributed by atoms with Crippen molar-refractivity contribution in [2.75, 3.05) is 20.3 Å². The van der Waals surface area contributed by atoms with Crippen molar-refractivity contribution in [2.24, 2.45) is 0 Å². The number of hydrogen-bond donors (Lipinski definition) is 1. The smallest absolute Gasteiger partial charge is 0.286 e. The first-order valence-electron chi connectivity index (χ1n) is 13.4. The van der Waals surface area contributed by atoms with Gasteiger partial charge < -0.3 is 18.9 Å². The van der Waals surface area contributed by atoms with Crippen LogP contribution >= 0.6 is 11.8 Å². The van der Waals surface area contributed by atoms with Crippen LogP contribution in [0.5, 0.6) is 28.7 Å². The predicted octanol–water partition coefficient (Wildman–Crippen LogP) is 7.26. The molecular formula is C31H35NO6S. The molecule has 0 saturated carbocycles. The van der Waals surface area contributed by atoms with E-state index < -0.39 is 5.25 Å². The summed E-state index contributed by atoms with van der Waals surface area (Å²) in [7, 11) is 1.67. The van der Waals surface area contributed by atoms with Crippen molar-refractivity contribution in [3.63, 3.8) is 0 Å². The first-order valence-corrected chi connectivity index (χ1v) is 14.2. The van der Waals surface area contributed by atoms with Gasteiger partial charge >= 0.3 is 0 Å².